The number of hydrogen-bond acceptors (Lipinski definition) is 1. The molecule has 1 heteroatoms. The molecule has 0 fully saturated rings. The van der Waals surface area contributed by atoms with Crippen LogP contribution >= 0.6 is 0 Å². The maximum atomic E-state index is 7.64. The molecule has 1 aromatic rings. The van der Waals surface area contributed by atoms with E-state index in [9.17, 15) is 0 Å². The van der Waals surface area contributed by atoms with Crippen LogP contribution < -0.4 is 5.32 Å². The van der Waals surface area contributed by atoms with Gasteiger partial charge in [-0.15, -0.1) is 0 Å². The minimum absolute atomic E-state index is 0.208. The average molecular weight is 134 g/mol. The zero-order valence-corrected chi connectivity index (χ0v) is 5.80. The first kappa shape index (κ1) is 4.91. The fourth-order valence-corrected chi connectivity index (χ4v) is 1.29. The summed E-state index contributed by atoms with van der Waals surface area (Å²) in [5, 5.41) is 3.10. The largest absolute Gasteiger partial charge is 0.312 e. The van der Waals surface area contributed by atoms with Gasteiger partial charge < -0.3 is 5.32 Å². The molecule has 2 rings (SSSR count). The maximum Gasteiger partial charge on any atom is 0.0479 e. The Kier molecular flexibility index (Phi) is 1.19. The van der Waals surface area contributed by atoms with Crippen LogP contribution in [0.5, 0.6) is 0 Å². The molecule has 1 nitrogen and oxygen atoms in total. The molecule has 0 aliphatic carbocycles. The Labute approximate surface area is 62.5 Å². The Balaban J connectivity index is 2.44. The molecule has 1 N–H and O–H groups in total. The summed E-state index contributed by atoms with van der Waals surface area (Å²) in [4.78, 5) is 0. The zero-order chi connectivity index (χ0) is 7.68. The van der Waals surface area contributed by atoms with E-state index < -0.39 is 0 Å². The van der Waals surface area contributed by atoms with Crippen LogP contribution in [-0.2, 0) is 12.9 Å². The fourth-order valence-electron chi connectivity index (χ4n) is 1.29. The molecular weight excluding hydrogens is 122 g/mol. The van der Waals surface area contributed by atoms with Crippen molar-refractivity contribution in [2.45, 2.75) is 12.9 Å². The van der Waals surface area contributed by atoms with Crippen molar-refractivity contribution in [3.63, 3.8) is 0 Å². The van der Waals surface area contributed by atoms with Gasteiger partial charge in [0, 0.05) is 7.89 Å². The van der Waals surface area contributed by atoms with E-state index in [0.29, 0.717) is 0 Å². The summed E-state index contributed by atoms with van der Waals surface area (Å²) < 4.78 is 7.64. The van der Waals surface area contributed by atoms with E-state index >= 15 is 0 Å². The molecule has 0 spiro atoms. The third-order valence-corrected chi connectivity index (χ3v) is 1.85. The van der Waals surface area contributed by atoms with Gasteiger partial charge in [-0.25, -0.2) is 0 Å². The third-order valence-electron chi connectivity index (χ3n) is 1.85. The van der Waals surface area contributed by atoms with Gasteiger partial charge in [-0.05, 0) is 24.1 Å². The molecule has 0 bridgehead atoms. The average Bonchev–Trinajstić information content (AvgIpc) is 2.06. The van der Waals surface area contributed by atoms with Gasteiger partial charge in [-0.3, -0.25) is 0 Å². The number of fused-ring (bicyclic) bond motifs is 1. The number of nitrogens with one attached hydrogen (secondary N) is 1. The highest BCUT2D eigenvalue weighted by atomic mass is 14.9. The van der Waals surface area contributed by atoms with Crippen molar-refractivity contribution in [2.24, 2.45) is 0 Å². The Morgan fingerprint density at radius 2 is 2.10 bits per heavy atom. The van der Waals surface area contributed by atoms with Gasteiger partial charge in [0.05, 0.1) is 0 Å². The van der Waals surface area contributed by atoms with Crippen molar-refractivity contribution in [3.8, 4) is 0 Å². The summed E-state index contributed by atoms with van der Waals surface area (Å²) >= 11 is 0. The molecule has 10 heavy (non-hydrogen) atoms. The van der Waals surface area contributed by atoms with Crippen LogP contribution in [0, 0.1) is 0 Å². The smallest absolute Gasteiger partial charge is 0.0479 e. The van der Waals surface area contributed by atoms with Crippen LogP contribution in [0.1, 0.15) is 12.5 Å². The standard InChI is InChI=1S/C9H11N/c1-2-4-9-7-10-6-5-8(9)3-1/h1-4,10H,5-7H2/i7D. The fraction of sp³-hybridized carbons (Fsp3) is 0.333. The zero-order valence-electron chi connectivity index (χ0n) is 6.80. The van der Waals surface area contributed by atoms with Crippen LogP contribution in [0.3, 0.4) is 0 Å². The van der Waals surface area contributed by atoms with Crippen molar-refractivity contribution >= 4 is 0 Å². The molecule has 0 radical (unpaired) electrons. The van der Waals surface area contributed by atoms with Crippen LogP contribution in [0.15, 0.2) is 24.3 Å². The summed E-state index contributed by atoms with van der Waals surface area (Å²) in [6.45, 7) is 0.727. The molecule has 1 aliphatic heterocycles. The molecule has 1 aromatic carbocycles. The lowest BCUT2D eigenvalue weighted by atomic mass is 10.0. The molecule has 1 unspecified atom stereocenters. The minimum atomic E-state index is -0.208. The predicted octanol–water partition coefficient (Wildman–Crippen LogP) is 1.33. The molecule has 1 atom stereocenters. The van der Waals surface area contributed by atoms with Crippen molar-refractivity contribution in [1.29, 1.82) is 0 Å². The van der Waals surface area contributed by atoms with Crippen LogP contribution in [0.4, 0.5) is 0 Å². The van der Waals surface area contributed by atoms with Crippen molar-refractivity contribution in [1.82, 2.24) is 5.32 Å². The summed E-state index contributed by atoms with van der Waals surface area (Å²) in [6.07, 6.45) is 1.06. The van der Waals surface area contributed by atoms with Gasteiger partial charge in [0.15, 0.2) is 0 Å². The van der Waals surface area contributed by atoms with Crippen LogP contribution in [0.2, 0.25) is 0 Å². The lowest BCUT2D eigenvalue weighted by Gasteiger charge is -2.15. The predicted molar refractivity (Wildman–Crippen MR) is 41.9 cm³/mol. The Hall–Kier alpha value is -0.820. The van der Waals surface area contributed by atoms with Gasteiger partial charge in [0.2, 0.25) is 0 Å². The first-order valence-corrected chi connectivity index (χ1v) is 3.61. The van der Waals surface area contributed by atoms with Gasteiger partial charge in [-0.2, -0.15) is 0 Å². The van der Waals surface area contributed by atoms with Gasteiger partial charge >= 0.3 is 0 Å². The van der Waals surface area contributed by atoms with Crippen molar-refractivity contribution in [3.05, 3.63) is 35.4 Å². The van der Waals surface area contributed by atoms with Crippen LogP contribution in [0.25, 0.3) is 0 Å². The monoisotopic (exact) mass is 134 g/mol. The first-order chi connectivity index (χ1) is 5.38. The molecule has 1 heterocycles. The van der Waals surface area contributed by atoms with E-state index in [2.05, 4.69) is 11.4 Å². The summed E-state index contributed by atoms with van der Waals surface area (Å²) in [7, 11) is 0. The number of rotatable bonds is 0. The molecule has 0 saturated heterocycles. The van der Waals surface area contributed by atoms with Gasteiger partial charge in [0.1, 0.15) is 0 Å². The molecule has 0 amide bonds. The van der Waals surface area contributed by atoms with Crippen LogP contribution in [-0.4, -0.2) is 6.54 Å². The summed E-state index contributed by atoms with van der Waals surface area (Å²) in [5.74, 6) is 0. The van der Waals surface area contributed by atoms with E-state index in [1.54, 1.807) is 0 Å². The summed E-state index contributed by atoms with van der Waals surface area (Å²) in [6, 6.07) is 8.17. The third kappa shape index (κ3) is 0.929. The van der Waals surface area contributed by atoms with Gasteiger partial charge in [0.25, 0.3) is 0 Å². The Morgan fingerprint density at radius 1 is 1.30 bits per heavy atom. The minimum Gasteiger partial charge on any atom is -0.312 e. The Morgan fingerprint density at radius 3 is 2.90 bits per heavy atom. The van der Waals surface area contributed by atoms with E-state index in [0.717, 1.165) is 18.5 Å². The molecule has 0 aromatic heterocycles. The lowest BCUT2D eigenvalue weighted by molar-refractivity contribution is 0.644. The molecule has 1 aliphatic rings. The first-order valence-electron chi connectivity index (χ1n) is 4.19. The molecule has 0 saturated carbocycles. The highest BCUT2D eigenvalue weighted by Crippen LogP contribution is 2.11. The molecular formula is C9H11N. The topological polar surface area (TPSA) is 12.0 Å². The second-order valence-electron chi connectivity index (χ2n) is 2.55. The maximum absolute atomic E-state index is 7.64. The van der Waals surface area contributed by atoms with E-state index in [4.69, 9.17) is 1.37 Å². The van der Waals surface area contributed by atoms with E-state index in [-0.39, 0.29) is 6.52 Å². The Bertz CT molecular complexity index is 259. The quantitative estimate of drug-likeness (QED) is 0.564. The summed E-state index contributed by atoms with van der Waals surface area (Å²) in [5.41, 5.74) is 2.46. The number of benzene rings is 1. The molecule has 52 valence electrons. The van der Waals surface area contributed by atoms with Crippen molar-refractivity contribution in [2.75, 3.05) is 6.54 Å². The lowest BCUT2D eigenvalue weighted by Crippen LogP contribution is -2.23. The number of hydrogen-bond donors (Lipinski definition) is 1. The van der Waals surface area contributed by atoms with E-state index in [1.165, 1.54) is 5.56 Å². The normalized spacial score (nSPS) is 25.2. The van der Waals surface area contributed by atoms with E-state index in [1.807, 2.05) is 18.2 Å². The van der Waals surface area contributed by atoms with Crippen molar-refractivity contribution < 1.29 is 1.37 Å². The highest BCUT2D eigenvalue weighted by molar-refractivity contribution is 5.28. The highest BCUT2D eigenvalue weighted by Gasteiger charge is 2.05. The second kappa shape index (κ2) is 2.43. The SMILES string of the molecule is [2H]C1NCCc2ccccc21. The second-order valence-corrected chi connectivity index (χ2v) is 2.55. The van der Waals surface area contributed by atoms with Gasteiger partial charge in [-0.1, -0.05) is 24.3 Å².